The molecule has 24 heavy (non-hydrogen) atoms. The zero-order chi connectivity index (χ0) is 16.9. The van der Waals surface area contributed by atoms with Gasteiger partial charge in [0, 0.05) is 5.56 Å². The maximum Gasteiger partial charge on any atom is 0.298 e. The normalized spacial score (nSPS) is 15.8. The first-order chi connectivity index (χ1) is 11.7. The van der Waals surface area contributed by atoms with E-state index in [1.165, 1.54) is 4.90 Å². The van der Waals surface area contributed by atoms with E-state index in [0.717, 1.165) is 17.3 Å². The number of anilines is 1. The Morgan fingerprint density at radius 2 is 1.75 bits per heavy atom. The third-order valence-corrected chi connectivity index (χ3v) is 4.24. The van der Waals surface area contributed by atoms with Crippen LogP contribution in [0.1, 0.15) is 5.56 Å². The lowest BCUT2D eigenvalue weighted by Gasteiger charge is -2.11. The molecule has 5 heteroatoms. The quantitative estimate of drug-likeness (QED) is 0.596. The van der Waals surface area contributed by atoms with Crippen LogP contribution in [0.2, 0.25) is 0 Å². The molecular formula is C19H15NO3S. The summed E-state index contributed by atoms with van der Waals surface area (Å²) in [5, 5.41) is -0.304. The first-order valence-electron chi connectivity index (χ1n) is 7.36. The highest BCUT2D eigenvalue weighted by Gasteiger charge is 2.36. The second kappa shape index (κ2) is 7.19. The first kappa shape index (κ1) is 16.1. The summed E-state index contributed by atoms with van der Waals surface area (Å²) in [7, 11) is 0. The summed E-state index contributed by atoms with van der Waals surface area (Å²) in [5.74, 6) is 0.318. The van der Waals surface area contributed by atoms with E-state index in [1.807, 2.05) is 30.3 Å². The zero-order valence-corrected chi connectivity index (χ0v) is 13.7. The highest BCUT2D eigenvalue weighted by Crippen LogP contribution is 2.36. The van der Waals surface area contributed by atoms with E-state index >= 15 is 0 Å². The van der Waals surface area contributed by atoms with Crippen molar-refractivity contribution in [2.45, 2.75) is 0 Å². The summed E-state index contributed by atoms with van der Waals surface area (Å²) in [6.45, 7) is 4.00. The number of nitrogens with zero attached hydrogens (tertiary/aromatic N) is 1. The number of imide groups is 1. The monoisotopic (exact) mass is 337 g/mol. The second-order valence-corrected chi connectivity index (χ2v) is 5.98. The predicted molar refractivity (Wildman–Crippen MR) is 97.0 cm³/mol. The maximum absolute atomic E-state index is 12.6. The van der Waals surface area contributed by atoms with E-state index in [9.17, 15) is 9.59 Å². The maximum atomic E-state index is 12.6. The number of carbonyl (C=O) groups is 2. The van der Waals surface area contributed by atoms with Crippen LogP contribution in [0.4, 0.5) is 10.5 Å². The molecule has 2 aromatic carbocycles. The summed E-state index contributed by atoms with van der Waals surface area (Å²) in [4.78, 5) is 26.4. The van der Waals surface area contributed by atoms with Gasteiger partial charge in [0.1, 0.15) is 12.4 Å². The number of hydrogen-bond donors (Lipinski definition) is 0. The summed E-state index contributed by atoms with van der Waals surface area (Å²) >= 11 is 0.927. The summed E-state index contributed by atoms with van der Waals surface area (Å²) in [6, 6.07) is 16.3. The smallest absolute Gasteiger partial charge is 0.298 e. The van der Waals surface area contributed by atoms with Crippen LogP contribution in [-0.4, -0.2) is 17.8 Å². The van der Waals surface area contributed by atoms with Crippen molar-refractivity contribution in [3.63, 3.8) is 0 Å². The van der Waals surface area contributed by atoms with Crippen molar-refractivity contribution in [3.8, 4) is 5.75 Å². The van der Waals surface area contributed by atoms with E-state index in [0.29, 0.717) is 22.9 Å². The number of amides is 2. The zero-order valence-electron chi connectivity index (χ0n) is 12.8. The fraction of sp³-hybridized carbons (Fsp3) is 0.0526. The van der Waals surface area contributed by atoms with Gasteiger partial charge in [0.25, 0.3) is 11.1 Å². The molecule has 0 unspecified atom stereocenters. The highest BCUT2D eigenvalue weighted by molar-refractivity contribution is 8.19. The molecule has 1 heterocycles. The molecule has 0 aromatic heterocycles. The summed E-state index contributed by atoms with van der Waals surface area (Å²) < 4.78 is 5.59. The van der Waals surface area contributed by atoms with Crippen LogP contribution in [0.15, 0.2) is 72.2 Å². The van der Waals surface area contributed by atoms with Crippen molar-refractivity contribution in [2.75, 3.05) is 11.5 Å². The number of rotatable bonds is 5. The molecule has 0 radical (unpaired) electrons. The van der Waals surface area contributed by atoms with Crippen LogP contribution >= 0.6 is 11.8 Å². The largest absolute Gasteiger partial charge is 0.489 e. The van der Waals surface area contributed by atoms with Crippen LogP contribution < -0.4 is 9.64 Å². The van der Waals surface area contributed by atoms with Crippen molar-refractivity contribution in [1.29, 1.82) is 0 Å². The number of ether oxygens (including phenoxy) is 1. The molecule has 1 saturated heterocycles. The highest BCUT2D eigenvalue weighted by atomic mass is 32.2. The summed E-state index contributed by atoms with van der Waals surface area (Å²) in [5.41, 5.74) is 1.32. The van der Waals surface area contributed by atoms with E-state index in [2.05, 4.69) is 6.58 Å². The topological polar surface area (TPSA) is 46.6 Å². The van der Waals surface area contributed by atoms with Gasteiger partial charge in [0.15, 0.2) is 0 Å². The van der Waals surface area contributed by atoms with Gasteiger partial charge in [0.05, 0.1) is 10.6 Å². The van der Waals surface area contributed by atoms with Crippen LogP contribution in [0.3, 0.4) is 0 Å². The lowest BCUT2D eigenvalue weighted by Crippen LogP contribution is -2.27. The average Bonchev–Trinajstić information content (AvgIpc) is 2.88. The van der Waals surface area contributed by atoms with Crippen molar-refractivity contribution in [1.82, 2.24) is 0 Å². The molecule has 4 nitrogen and oxygen atoms in total. The molecule has 0 N–H and O–H groups in total. The first-order valence-corrected chi connectivity index (χ1v) is 8.18. The van der Waals surface area contributed by atoms with Gasteiger partial charge in [-0.2, -0.15) is 0 Å². The van der Waals surface area contributed by atoms with Crippen LogP contribution in [0, 0.1) is 0 Å². The number of thioether (sulfide) groups is 1. The molecule has 0 atom stereocenters. The molecule has 2 amide bonds. The minimum atomic E-state index is -0.324. The Hall–Kier alpha value is -2.79. The minimum Gasteiger partial charge on any atom is -0.489 e. The van der Waals surface area contributed by atoms with E-state index < -0.39 is 0 Å². The van der Waals surface area contributed by atoms with Gasteiger partial charge in [-0.05, 0) is 36.0 Å². The lowest BCUT2D eigenvalue weighted by molar-refractivity contribution is -0.113. The number of hydrogen-bond acceptors (Lipinski definition) is 4. The molecule has 3 rings (SSSR count). The molecule has 1 aliphatic heterocycles. The Bertz CT molecular complexity index is 814. The Kier molecular flexibility index (Phi) is 4.82. The summed E-state index contributed by atoms with van der Waals surface area (Å²) in [6.07, 6.45) is 3.34. The Morgan fingerprint density at radius 1 is 1.04 bits per heavy atom. The molecule has 0 bridgehead atoms. The molecule has 1 fully saturated rings. The van der Waals surface area contributed by atoms with Crippen molar-refractivity contribution in [2.24, 2.45) is 0 Å². The molecular weight excluding hydrogens is 322 g/mol. The van der Waals surface area contributed by atoms with Gasteiger partial charge in [0.2, 0.25) is 0 Å². The van der Waals surface area contributed by atoms with Crippen molar-refractivity contribution < 1.29 is 14.3 Å². The molecule has 0 aliphatic carbocycles. The van der Waals surface area contributed by atoms with Crippen LogP contribution in [0.25, 0.3) is 6.08 Å². The van der Waals surface area contributed by atoms with E-state index in [1.54, 1.807) is 36.4 Å². The molecule has 120 valence electrons. The fourth-order valence-corrected chi connectivity index (χ4v) is 3.12. The Labute approximate surface area is 144 Å². The average molecular weight is 337 g/mol. The van der Waals surface area contributed by atoms with Gasteiger partial charge in [-0.3, -0.25) is 9.59 Å². The van der Waals surface area contributed by atoms with Crippen LogP contribution in [-0.2, 0) is 4.79 Å². The number of carbonyl (C=O) groups excluding carboxylic acids is 2. The van der Waals surface area contributed by atoms with E-state index in [4.69, 9.17) is 4.74 Å². The van der Waals surface area contributed by atoms with Gasteiger partial charge in [-0.15, -0.1) is 0 Å². The molecule has 1 aliphatic rings. The second-order valence-electron chi connectivity index (χ2n) is 4.99. The molecule has 2 aromatic rings. The van der Waals surface area contributed by atoms with Crippen molar-refractivity contribution in [3.05, 3.63) is 77.7 Å². The van der Waals surface area contributed by atoms with Gasteiger partial charge in [-0.25, -0.2) is 4.90 Å². The third-order valence-electron chi connectivity index (χ3n) is 3.37. The standard InChI is InChI=1S/C19H15NO3S/c1-2-12-23-16-11-7-6-8-14(16)13-17-18(21)20(19(22)24-17)15-9-4-3-5-10-15/h2-11,13H,1,12H2/b17-13+. The lowest BCUT2D eigenvalue weighted by atomic mass is 10.2. The Balaban J connectivity index is 1.91. The van der Waals surface area contributed by atoms with Gasteiger partial charge >= 0.3 is 0 Å². The third kappa shape index (κ3) is 3.26. The van der Waals surface area contributed by atoms with Gasteiger partial charge < -0.3 is 4.74 Å². The predicted octanol–water partition coefficient (Wildman–Crippen LogP) is 4.49. The minimum absolute atomic E-state index is 0.304. The Morgan fingerprint density at radius 3 is 2.50 bits per heavy atom. The molecule has 0 saturated carbocycles. The SMILES string of the molecule is C=CCOc1ccccc1/C=C1/SC(=O)N(c2ccccc2)C1=O. The number of benzene rings is 2. The van der Waals surface area contributed by atoms with E-state index in [-0.39, 0.29) is 11.1 Å². The molecule has 0 spiro atoms. The van der Waals surface area contributed by atoms with Crippen molar-refractivity contribution >= 4 is 34.7 Å². The number of para-hydroxylation sites is 2. The fourth-order valence-electron chi connectivity index (χ4n) is 2.29. The van der Waals surface area contributed by atoms with Gasteiger partial charge in [-0.1, -0.05) is 49.1 Å². The van der Waals surface area contributed by atoms with Crippen LogP contribution in [0.5, 0.6) is 5.75 Å².